The number of benzene rings is 1. The van der Waals surface area contributed by atoms with E-state index in [1.54, 1.807) is 13.4 Å². The predicted octanol–water partition coefficient (Wildman–Crippen LogP) is 5.47. The van der Waals surface area contributed by atoms with Crippen LogP contribution in [0, 0.1) is 23.2 Å². The predicted molar refractivity (Wildman–Crippen MR) is 126 cm³/mol. The average molecular weight is 464 g/mol. The van der Waals surface area contributed by atoms with Crippen molar-refractivity contribution < 1.29 is 13.9 Å². The van der Waals surface area contributed by atoms with E-state index in [0.29, 0.717) is 18.1 Å². The molecule has 4 saturated carbocycles. The third-order valence-electron chi connectivity index (χ3n) is 7.90. The summed E-state index contributed by atoms with van der Waals surface area (Å²) in [5.41, 5.74) is 0.844. The first-order valence-electron chi connectivity index (χ1n) is 11.9. The van der Waals surface area contributed by atoms with Crippen LogP contribution in [0.25, 0.3) is 11.4 Å². The Kier molecular flexibility index (Phi) is 5.32. The smallest absolute Gasteiger partial charge is 0.192 e. The first-order valence-corrected chi connectivity index (χ1v) is 12.9. The molecule has 2 heterocycles. The molecular weight excluding hydrogens is 434 g/mol. The van der Waals surface area contributed by atoms with Gasteiger partial charge in [0.15, 0.2) is 11.0 Å². The minimum atomic E-state index is -0.0801. The molecule has 0 aliphatic heterocycles. The van der Waals surface area contributed by atoms with Crippen molar-refractivity contribution in [1.82, 2.24) is 14.8 Å². The topological polar surface area (TPSA) is 70.2 Å². The first kappa shape index (κ1) is 21.0. The molecule has 1 aromatic carbocycles. The highest BCUT2D eigenvalue weighted by Gasteiger charge is 2.54. The lowest BCUT2D eigenvalue weighted by atomic mass is 9.48. The fourth-order valence-corrected chi connectivity index (χ4v) is 7.78. The zero-order valence-electron chi connectivity index (χ0n) is 18.9. The van der Waals surface area contributed by atoms with Gasteiger partial charge in [0.1, 0.15) is 17.3 Å². The monoisotopic (exact) mass is 463 g/mol. The molecule has 0 atom stereocenters. The summed E-state index contributed by atoms with van der Waals surface area (Å²) in [6, 6.07) is 11.6. The molecule has 7 rings (SSSR count). The van der Waals surface area contributed by atoms with Crippen molar-refractivity contribution in [3.8, 4) is 17.1 Å². The van der Waals surface area contributed by atoms with E-state index in [4.69, 9.17) is 9.15 Å². The summed E-state index contributed by atoms with van der Waals surface area (Å²) in [4.78, 5) is 13.5. The summed E-state index contributed by atoms with van der Waals surface area (Å²) >= 11 is 1.52. The van der Waals surface area contributed by atoms with Crippen LogP contribution < -0.4 is 4.74 Å². The summed E-state index contributed by atoms with van der Waals surface area (Å²) in [6.07, 6.45) is 9.03. The van der Waals surface area contributed by atoms with E-state index in [1.165, 1.54) is 31.0 Å². The fourth-order valence-electron chi connectivity index (χ4n) is 6.81. The highest BCUT2D eigenvalue weighted by molar-refractivity contribution is 7.99. The van der Waals surface area contributed by atoms with E-state index in [-0.39, 0.29) is 5.41 Å². The summed E-state index contributed by atoms with van der Waals surface area (Å²) < 4.78 is 13.1. The Labute approximate surface area is 198 Å². The van der Waals surface area contributed by atoms with Crippen LogP contribution in [0.5, 0.6) is 5.75 Å². The van der Waals surface area contributed by atoms with Gasteiger partial charge in [0.2, 0.25) is 0 Å². The van der Waals surface area contributed by atoms with E-state index in [2.05, 4.69) is 10.2 Å². The lowest BCUT2D eigenvalue weighted by Gasteiger charge is -2.56. The maximum atomic E-state index is 13.5. The third-order valence-corrected chi connectivity index (χ3v) is 8.87. The lowest BCUT2D eigenvalue weighted by molar-refractivity contribution is -0.141. The normalized spacial score (nSPS) is 27.7. The second kappa shape index (κ2) is 8.35. The van der Waals surface area contributed by atoms with Crippen molar-refractivity contribution in [3.63, 3.8) is 0 Å². The van der Waals surface area contributed by atoms with Crippen LogP contribution in [0.1, 0.15) is 44.3 Å². The molecule has 2 aromatic heterocycles. The second-order valence-electron chi connectivity index (χ2n) is 10.1. The van der Waals surface area contributed by atoms with Crippen molar-refractivity contribution >= 4 is 17.5 Å². The molecule has 4 fully saturated rings. The van der Waals surface area contributed by atoms with Gasteiger partial charge in [0, 0.05) is 11.0 Å². The molecular formula is C26H29N3O3S. The Balaban J connectivity index is 1.25. The molecule has 6 nitrogen and oxygen atoms in total. The van der Waals surface area contributed by atoms with Gasteiger partial charge in [-0.05, 0) is 80.5 Å². The number of rotatable bonds is 8. The standard InChI is InChI=1S/C26H29N3O3S/c1-31-21-5-2-4-20(11-21)24-27-28-25(29(24)15-22-6-3-7-32-22)33-16-23(30)26-12-17-8-18(13-26)10-19(9-17)14-26/h2-7,11,17-19H,8-10,12-16H2,1H3. The van der Waals surface area contributed by atoms with E-state index in [0.717, 1.165) is 65.1 Å². The Morgan fingerprint density at radius 2 is 1.88 bits per heavy atom. The maximum Gasteiger partial charge on any atom is 0.192 e. The van der Waals surface area contributed by atoms with Crippen molar-refractivity contribution in [1.29, 1.82) is 0 Å². The Hall–Kier alpha value is -2.54. The largest absolute Gasteiger partial charge is 0.497 e. The number of furan rings is 1. The SMILES string of the molecule is COc1cccc(-c2nnc(SCC(=O)C34CC5CC(CC(C5)C3)C4)n2Cc2ccco2)c1. The van der Waals surface area contributed by atoms with Gasteiger partial charge in [-0.25, -0.2) is 0 Å². The first-order chi connectivity index (χ1) is 16.1. The van der Waals surface area contributed by atoms with Crippen LogP contribution in [-0.4, -0.2) is 33.4 Å². The number of Topliss-reactive ketones (excluding diaryl/α,β-unsaturated/α-hetero) is 1. The van der Waals surface area contributed by atoms with E-state index in [1.807, 2.05) is 41.0 Å². The molecule has 0 spiro atoms. The van der Waals surface area contributed by atoms with Gasteiger partial charge in [-0.15, -0.1) is 10.2 Å². The Morgan fingerprint density at radius 3 is 2.55 bits per heavy atom. The van der Waals surface area contributed by atoms with Crippen LogP contribution in [0.2, 0.25) is 0 Å². The number of hydrogen-bond donors (Lipinski definition) is 0. The zero-order valence-corrected chi connectivity index (χ0v) is 19.7. The van der Waals surface area contributed by atoms with Crippen molar-refractivity contribution in [3.05, 3.63) is 48.4 Å². The minimum Gasteiger partial charge on any atom is -0.497 e. The molecule has 0 unspecified atom stereocenters. The molecule has 0 radical (unpaired) electrons. The number of carbonyl (C=O) groups excluding carboxylic acids is 1. The van der Waals surface area contributed by atoms with Crippen LogP contribution in [0.15, 0.2) is 52.2 Å². The summed E-state index contributed by atoms with van der Waals surface area (Å²) in [5, 5.41) is 9.74. The molecule has 4 aliphatic carbocycles. The molecule has 0 N–H and O–H groups in total. The number of ketones is 1. The number of ether oxygens (including phenoxy) is 1. The van der Waals surface area contributed by atoms with Gasteiger partial charge in [-0.3, -0.25) is 9.36 Å². The van der Waals surface area contributed by atoms with Crippen LogP contribution in [0.3, 0.4) is 0 Å². The summed E-state index contributed by atoms with van der Waals surface area (Å²) in [5.74, 6) is 5.53. The van der Waals surface area contributed by atoms with E-state index in [9.17, 15) is 4.79 Å². The molecule has 172 valence electrons. The van der Waals surface area contributed by atoms with Crippen LogP contribution >= 0.6 is 11.8 Å². The Bertz CT molecular complexity index is 1120. The number of aromatic nitrogens is 3. The molecule has 33 heavy (non-hydrogen) atoms. The maximum absolute atomic E-state index is 13.5. The fraction of sp³-hybridized carbons (Fsp3) is 0.500. The van der Waals surface area contributed by atoms with Gasteiger partial charge >= 0.3 is 0 Å². The van der Waals surface area contributed by atoms with Crippen LogP contribution in [0.4, 0.5) is 0 Å². The van der Waals surface area contributed by atoms with Gasteiger partial charge < -0.3 is 9.15 Å². The van der Waals surface area contributed by atoms with Crippen molar-refractivity contribution in [2.45, 2.75) is 50.2 Å². The minimum absolute atomic E-state index is 0.0801. The second-order valence-corrected chi connectivity index (χ2v) is 11.1. The molecule has 3 aromatic rings. The Morgan fingerprint density at radius 1 is 1.12 bits per heavy atom. The molecule has 4 bridgehead atoms. The van der Waals surface area contributed by atoms with Gasteiger partial charge in [0.05, 0.1) is 25.7 Å². The number of hydrogen-bond acceptors (Lipinski definition) is 6. The quantitative estimate of drug-likeness (QED) is 0.413. The summed E-state index contributed by atoms with van der Waals surface area (Å²) in [6.45, 7) is 0.514. The third kappa shape index (κ3) is 3.90. The average Bonchev–Trinajstić information content (AvgIpc) is 3.47. The van der Waals surface area contributed by atoms with Crippen LogP contribution in [-0.2, 0) is 11.3 Å². The lowest BCUT2D eigenvalue weighted by Crippen LogP contribution is -2.50. The van der Waals surface area contributed by atoms with Crippen molar-refractivity contribution in [2.24, 2.45) is 23.2 Å². The number of nitrogens with zero attached hydrogens (tertiary/aromatic N) is 3. The summed E-state index contributed by atoms with van der Waals surface area (Å²) in [7, 11) is 1.66. The number of carbonyl (C=O) groups is 1. The van der Waals surface area contributed by atoms with E-state index < -0.39 is 0 Å². The molecule has 4 aliphatic rings. The van der Waals surface area contributed by atoms with E-state index >= 15 is 0 Å². The highest BCUT2D eigenvalue weighted by atomic mass is 32.2. The van der Waals surface area contributed by atoms with Gasteiger partial charge in [-0.2, -0.15) is 0 Å². The molecule has 0 saturated heterocycles. The molecule has 0 amide bonds. The van der Waals surface area contributed by atoms with Gasteiger partial charge in [0.25, 0.3) is 0 Å². The van der Waals surface area contributed by atoms with Crippen molar-refractivity contribution in [2.75, 3.05) is 12.9 Å². The highest BCUT2D eigenvalue weighted by Crippen LogP contribution is 2.60. The number of thioether (sulfide) groups is 1. The molecule has 7 heteroatoms. The van der Waals surface area contributed by atoms with Gasteiger partial charge in [-0.1, -0.05) is 23.9 Å². The zero-order chi connectivity index (χ0) is 22.4. The number of methoxy groups -OCH3 is 1.